The number of hydrazine groups is 1. The number of nitro groups is 1. The van der Waals surface area contributed by atoms with Crippen molar-refractivity contribution in [3.05, 3.63) is 98.7 Å². The highest BCUT2D eigenvalue weighted by atomic mass is 32.2. The van der Waals surface area contributed by atoms with Gasteiger partial charge in [-0.1, -0.05) is 48.2 Å². The molecule has 0 aliphatic heterocycles. The van der Waals surface area contributed by atoms with E-state index >= 15 is 0 Å². The van der Waals surface area contributed by atoms with Gasteiger partial charge in [0.1, 0.15) is 11.1 Å². The third-order valence-electron chi connectivity index (χ3n) is 5.72. The van der Waals surface area contributed by atoms with Crippen LogP contribution in [0.5, 0.6) is 0 Å². The summed E-state index contributed by atoms with van der Waals surface area (Å²) in [6.45, 7) is 0. The Kier molecular flexibility index (Phi) is 7.38. The fourth-order valence-electron chi connectivity index (χ4n) is 3.97. The van der Waals surface area contributed by atoms with Crippen LogP contribution >= 0.6 is 11.8 Å². The van der Waals surface area contributed by atoms with Gasteiger partial charge in [-0.15, -0.1) is 0 Å². The Morgan fingerprint density at radius 3 is 2.69 bits per heavy atom. The number of nitriles is 1. The zero-order chi connectivity index (χ0) is 24.8. The average molecular weight is 488 g/mol. The number of carbonyl (C=O) groups excluding carboxylic acids is 2. The van der Waals surface area contributed by atoms with E-state index in [2.05, 4.69) is 34.0 Å². The molecule has 3 aromatic rings. The number of rotatable bonds is 6. The lowest BCUT2D eigenvalue weighted by molar-refractivity contribution is -0.384. The maximum atomic E-state index is 12.2. The molecule has 4 rings (SSSR count). The standard InChI is InChI=1S/C25H21N5O4S/c26-14-20-12-19-11-17(16-5-2-1-3-6-16)9-10-22(19)27-25(20)35-15-23(31)28-29-24(32)18-7-4-8-21(13-18)30(33)34/h1-8,12-13,17H,9-11,15H2,(H,28,31)(H,29,32)/t17-/m1/s1. The number of nitrogens with one attached hydrogen (secondary N) is 2. The Balaban J connectivity index is 1.35. The minimum Gasteiger partial charge on any atom is -0.272 e. The summed E-state index contributed by atoms with van der Waals surface area (Å²) in [4.78, 5) is 39.3. The summed E-state index contributed by atoms with van der Waals surface area (Å²) in [5.41, 5.74) is 8.03. The Hall–Kier alpha value is -4.23. The van der Waals surface area contributed by atoms with E-state index in [1.165, 1.54) is 23.8 Å². The lowest BCUT2D eigenvalue weighted by Gasteiger charge is -2.25. The first kappa shape index (κ1) is 23.9. The molecule has 0 unspecified atom stereocenters. The SMILES string of the molecule is N#Cc1cc2c(nc1SCC(=O)NNC(=O)c1cccc([N+](=O)[O-])c1)CC[C@@H](c1ccccc1)C2. The number of hydrogen-bond acceptors (Lipinski definition) is 7. The summed E-state index contributed by atoms with van der Waals surface area (Å²) >= 11 is 1.12. The van der Waals surface area contributed by atoms with Gasteiger partial charge in [0.2, 0.25) is 5.91 Å². The molecular weight excluding hydrogens is 466 g/mol. The minimum atomic E-state index is -0.676. The topological polar surface area (TPSA) is 138 Å². The monoisotopic (exact) mass is 487 g/mol. The molecule has 0 saturated carbocycles. The molecule has 1 atom stereocenters. The average Bonchev–Trinajstić information content (AvgIpc) is 2.90. The van der Waals surface area contributed by atoms with E-state index in [-0.39, 0.29) is 17.0 Å². The number of nitrogens with zero attached hydrogens (tertiary/aromatic N) is 3. The molecule has 1 aliphatic rings. The lowest BCUT2D eigenvalue weighted by Crippen LogP contribution is -2.42. The molecule has 2 N–H and O–H groups in total. The molecular formula is C25H21N5O4S. The number of aromatic nitrogens is 1. The van der Waals surface area contributed by atoms with Gasteiger partial charge in [-0.2, -0.15) is 5.26 Å². The first-order chi connectivity index (χ1) is 16.9. The van der Waals surface area contributed by atoms with Crippen molar-refractivity contribution in [1.82, 2.24) is 15.8 Å². The highest BCUT2D eigenvalue weighted by Gasteiger charge is 2.23. The van der Waals surface area contributed by atoms with Gasteiger partial charge in [-0.3, -0.25) is 30.6 Å². The first-order valence-corrected chi connectivity index (χ1v) is 11.9. The molecule has 176 valence electrons. The number of nitro benzene ring substituents is 1. The fraction of sp³-hybridized carbons (Fsp3) is 0.200. The Bertz CT molecular complexity index is 1320. The van der Waals surface area contributed by atoms with Gasteiger partial charge in [0.05, 0.1) is 16.2 Å². The van der Waals surface area contributed by atoms with Crippen molar-refractivity contribution in [2.75, 3.05) is 5.75 Å². The molecule has 9 nitrogen and oxygen atoms in total. The molecule has 0 saturated heterocycles. The number of pyridine rings is 1. The molecule has 0 spiro atoms. The van der Waals surface area contributed by atoms with E-state index < -0.39 is 16.7 Å². The Morgan fingerprint density at radius 2 is 1.94 bits per heavy atom. The van der Waals surface area contributed by atoms with Crippen molar-refractivity contribution in [1.29, 1.82) is 5.26 Å². The Morgan fingerprint density at radius 1 is 1.14 bits per heavy atom. The lowest BCUT2D eigenvalue weighted by atomic mass is 9.82. The predicted molar refractivity (Wildman–Crippen MR) is 130 cm³/mol. The second-order valence-corrected chi connectivity index (χ2v) is 8.97. The van der Waals surface area contributed by atoms with Crippen LogP contribution in [0.2, 0.25) is 0 Å². The quantitative estimate of drug-likeness (QED) is 0.307. The maximum absolute atomic E-state index is 12.2. The summed E-state index contributed by atoms with van der Waals surface area (Å²) < 4.78 is 0. The third kappa shape index (κ3) is 5.83. The van der Waals surface area contributed by atoms with E-state index in [4.69, 9.17) is 0 Å². The summed E-state index contributed by atoms with van der Waals surface area (Å²) in [6, 6.07) is 19.5. The van der Waals surface area contributed by atoms with Crippen molar-refractivity contribution in [3.8, 4) is 6.07 Å². The summed E-state index contributed by atoms with van der Waals surface area (Å²) in [6.07, 6.45) is 2.57. The first-order valence-electron chi connectivity index (χ1n) is 10.9. The second kappa shape index (κ2) is 10.8. The van der Waals surface area contributed by atoms with Crippen LogP contribution in [0.1, 0.15) is 45.1 Å². The largest absolute Gasteiger partial charge is 0.272 e. The van der Waals surface area contributed by atoms with Crippen LogP contribution in [0.4, 0.5) is 5.69 Å². The second-order valence-electron chi connectivity index (χ2n) is 8.01. The van der Waals surface area contributed by atoms with E-state index in [9.17, 15) is 25.0 Å². The number of thioether (sulfide) groups is 1. The van der Waals surface area contributed by atoms with Crippen LogP contribution < -0.4 is 10.9 Å². The van der Waals surface area contributed by atoms with Crippen LogP contribution in [-0.2, 0) is 17.6 Å². The fourth-order valence-corrected chi connectivity index (χ4v) is 4.75. The van der Waals surface area contributed by atoms with Crippen LogP contribution in [0.15, 0.2) is 65.7 Å². The number of aryl methyl sites for hydroxylation is 1. The van der Waals surface area contributed by atoms with Crippen molar-refractivity contribution < 1.29 is 14.5 Å². The summed E-state index contributed by atoms with van der Waals surface area (Å²) in [5.74, 6) is -0.857. The van der Waals surface area contributed by atoms with E-state index in [0.717, 1.165) is 48.3 Å². The van der Waals surface area contributed by atoms with Crippen molar-refractivity contribution in [2.24, 2.45) is 0 Å². The molecule has 1 heterocycles. The summed E-state index contributed by atoms with van der Waals surface area (Å²) in [7, 11) is 0. The van der Waals surface area contributed by atoms with Crippen LogP contribution in [-0.4, -0.2) is 27.5 Å². The normalized spacial score (nSPS) is 14.3. The molecule has 1 aromatic heterocycles. The molecule has 0 fully saturated rings. The van der Waals surface area contributed by atoms with E-state index in [1.54, 1.807) is 0 Å². The van der Waals surface area contributed by atoms with Gasteiger partial charge in [-0.05, 0) is 48.4 Å². The van der Waals surface area contributed by atoms with Crippen LogP contribution in [0, 0.1) is 21.4 Å². The van der Waals surface area contributed by atoms with Crippen LogP contribution in [0.3, 0.4) is 0 Å². The smallest absolute Gasteiger partial charge is 0.270 e. The van der Waals surface area contributed by atoms with Crippen molar-refractivity contribution in [2.45, 2.75) is 30.2 Å². The summed E-state index contributed by atoms with van der Waals surface area (Å²) in [5, 5.41) is 21.0. The maximum Gasteiger partial charge on any atom is 0.270 e. The van der Waals surface area contributed by atoms with Gasteiger partial charge in [0.15, 0.2) is 0 Å². The number of amides is 2. The number of fused-ring (bicyclic) bond motifs is 1. The zero-order valence-corrected chi connectivity index (χ0v) is 19.4. The van der Waals surface area contributed by atoms with Gasteiger partial charge in [0, 0.05) is 23.4 Å². The van der Waals surface area contributed by atoms with E-state index in [1.807, 2.05) is 24.3 Å². The van der Waals surface area contributed by atoms with E-state index in [0.29, 0.717) is 16.5 Å². The van der Waals surface area contributed by atoms with Gasteiger partial charge >= 0.3 is 0 Å². The molecule has 1 aliphatic carbocycles. The third-order valence-corrected chi connectivity index (χ3v) is 6.71. The molecule has 35 heavy (non-hydrogen) atoms. The van der Waals surface area contributed by atoms with Crippen LogP contribution in [0.25, 0.3) is 0 Å². The number of carbonyl (C=O) groups is 2. The molecule has 10 heteroatoms. The van der Waals surface area contributed by atoms with Crippen molar-refractivity contribution in [3.63, 3.8) is 0 Å². The van der Waals surface area contributed by atoms with Gasteiger partial charge in [0.25, 0.3) is 11.6 Å². The predicted octanol–water partition coefficient (Wildman–Crippen LogP) is 3.69. The molecule has 2 aromatic carbocycles. The highest BCUT2D eigenvalue weighted by Crippen LogP contribution is 2.34. The molecule has 0 bridgehead atoms. The number of non-ortho nitro benzene ring substituents is 1. The zero-order valence-electron chi connectivity index (χ0n) is 18.6. The van der Waals surface area contributed by atoms with Crippen molar-refractivity contribution >= 4 is 29.3 Å². The molecule has 0 radical (unpaired) electrons. The van der Waals surface area contributed by atoms with Gasteiger partial charge in [-0.25, -0.2) is 4.98 Å². The number of benzene rings is 2. The molecule has 2 amide bonds. The number of hydrogen-bond donors (Lipinski definition) is 2. The highest BCUT2D eigenvalue weighted by molar-refractivity contribution is 8.00. The van der Waals surface area contributed by atoms with Gasteiger partial charge < -0.3 is 0 Å². The minimum absolute atomic E-state index is 0.0454. The Labute approximate surface area is 205 Å².